The number of aliphatic hydroxyl groups excluding tert-OH is 1. The van der Waals surface area contributed by atoms with E-state index < -0.39 is 28.7 Å². The summed E-state index contributed by atoms with van der Waals surface area (Å²) in [7, 11) is 0. The third-order valence-electron chi connectivity index (χ3n) is 9.39. The molecule has 3 amide bonds. The van der Waals surface area contributed by atoms with Crippen LogP contribution in [0.1, 0.15) is 22.7 Å². The number of rotatable bonds is 7. The molecule has 0 aromatic heterocycles. The Hall–Kier alpha value is -4.14. The van der Waals surface area contributed by atoms with Crippen molar-refractivity contribution in [3.63, 3.8) is 0 Å². The fourth-order valence-corrected chi connectivity index (χ4v) is 9.43. The van der Waals surface area contributed by atoms with Crippen molar-refractivity contribution in [1.82, 2.24) is 14.7 Å². The van der Waals surface area contributed by atoms with Crippen LogP contribution < -0.4 is 0 Å². The molecule has 3 aromatic rings. The molecular weight excluding hydrogens is 570 g/mol. The molecule has 0 bridgehead atoms. The van der Waals surface area contributed by atoms with Crippen molar-refractivity contribution in [2.75, 3.05) is 19.7 Å². The van der Waals surface area contributed by atoms with Gasteiger partial charge in [-0.1, -0.05) is 115 Å². The predicted molar refractivity (Wildman–Crippen MR) is 170 cm³/mol. The van der Waals surface area contributed by atoms with E-state index in [2.05, 4.69) is 6.08 Å². The minimum Gasteiger partial charge on any atom is -0.394 e. The minimum absolute atomic E-state index is 0.0707. The van der Waals surface area contributed by atoms with Gasteiger partial charge in [0.15, 0.2) is 0 Å². The molecular formula is C36H35N3O4S. The van der Waals surface area contributed by atoms with Gasteiger partial charge in [-0.3, -0.25) is 14.4 Å². The molecule has 3 aromatic carbocycles. The molecule has 2 saturated heterocycles. The van der Waals surface area contributed by atoms with Crippen LogP contribution in [0.5, 0.6) is 0 Å². The van der Waals surface area contributed by atoms with Crippen molar-refractivity contribution >= 4 is 29.5 Å². The number of fused-ring (bicyclic) bond motifs is 2. The van der Waals surface area contributed by atoms with Gasteiger partial charge in [0, 0.05) is 31.4 Å². The average Bonchev–Trinajstić information content (AvgIpc) is 3.38. The summed E-state index contributed by atoms with van der Waals surface area (Å²) in [6.45, 7) is 1.37. The first-order chi connectivity index (χ1) is 21.5. The lowest BCUT2D eigenvalue weighted by Gasteiger charge is -2.38. The lowest BCUT2D eigenvalue weighted by molar-refractivity contribution is -0.147. The van der Waals surface area contributed by atoms with E-state index in [1.54, 1.807) is 21.6 Å². The molecule has 0 aliphatic carbocycles. The summed E-state index contributed by atoms with van der Waals surface area (Å²) in [6, 6.07) is 27.5. The summed E-state index contributed by atoms with van der Waals surface area (Å²) in [6.07, 6.45) is 8.11. The maximum atomic E-state index is 14.8. The van der Waals surface area contributed by atoms with E-state index in [0.29, 0.717) is 26.2 Å². The lowest BCUT2D eigenvalue weighted by atomic mass is 9.78. The number of benzene rings is 3. The van der Waals surface area contributed by atoms with Crippen molar-refractivity contribution < 1.29 is 19.5 Å². The molecule has 1 spiro atoms. The number of carbonyl (C=O) groups excluding carboxylic acids is 3. The molecule has 1 unspecified atom stereocenters. The van der Waals surface area contributed by atoms with E-state index in [4.69, 9.17) is 0 Å². The highest BCUT2D eigenvalue weighted by atomic mass is 32.2. The Bertz CT molecular complexity index is 1600. The standard InChI is InChI=1S/C36H35N3O4S/c40-24-28(27-16-8-3-9-17-27)39-32-35(43)38(23-26-14-6-2-7-15-26)21-11-19-36(32)31(34(39)42)30-29(44-36)18-10-20-37(33(30)41)22-25-12-4-1-5-13-25/h1-19,28-32,40H,20-24H2/t28-,29-,30+,31+,32?,36+/m1/s1. The summed E-state index contributed by atoms with van der Waals surface area (Å²) in [4.78, 5) is 49.2. The van der Waals surface area contributed by atoms with E-state index in [1.165, 1.54) is 0 Å². The first kappa shape index (κ1) is 28.6. The molecule has 0 radical (unpaired) electrons. The van der Waals surface area contributed by atoms with Gasteiger partial charge in [0.2, 0.25) is 17.7 Å². The number of nitrogens with zero attached hydrogens (tertiary/aromatic N) is 3. The van der Waals surface area contributed by atoms with Crippen molar-refractivity contribution in [2.45, 2.75) is 35.2 Å². The first-order valence-electron chi connectivity index (χ1n) is 15.2. The molecule has 4 aliphatic rings. The molecule has 44 heavy (non-hydrogen) atoms. The summed E-state index contributed by atoms with van der Waals surface area (Å²) < 4.78 is -0.951. The Morgan fingerprint density at radius 3 is 1.93 bits per heavy atom. The molecule has 0 saturated carbocycles. The van der Waals surface area contributed by atoms with Crippen LogP contribution in [-0.4, -0.2) is 73.3 Å². The van der Waals surface area contributed by atoms with Crippen LogP contribution >= 0.6 is 11.8 Å². The first-order valence-corrected chi connectivity index (χ1v) is 16.1. The van der Waals surface area contributed by atoms with Gasteiger partial charge in [0.1, 0.15) is 6.04 Å². The number of thioether (sulfide) groups is 1. The van der Waals surface area contributed by atoms with Gasteiger partial charge >= 0.3 is 0 Å². The van der Waals surface area contributed by atoms with Crippen LogP contribution in [-0.2, 0) is 27.5 Å². The largest absolute Gasteiger partial charge is 0.394 e. The highest BCUT2D eigenvalue weighted by Crippen LogP contribution is 2.62. The zero-order valence-electron chi connectivity index (χ0n) is 24.3. The molecule has 224 valence electrons. The van der Waals surface area contributed by atoms with E-state index in [-0.39, 0.29) is 29.6 Å². The maximum Gasteiger partial charge on any atom is 0.247 e. The molecule has 4 heterocycles. The molecule has 7 nitrogen and oxygen atoms in total. The van der Waals surface area contributed by atoms with Gasteiger partial charge in [-0.25, -0.2) is 0 Å². The number of amides is 3. The number of hydrogen-bond acceptors (Lipinski definition) is 5. The van der Waals surface area contributed by atoms with Gasteiger partial charge in [-0.2, -0.15) is 0 Å². The summed E-state index contributed by atoms with van der Waals surface area (Å²) >= 11 is 1.57. The minimum atomic E-state index is -0.951. The average molecular weight is 606 g/mol. The Balaban J connectivity index is 1.31. The van der Waals surface area contributed by atoms with Crippen molar-refractivity contribution in [3.8, 4) is 0 Å². The van der Waals surface area contributed by atoms with Gasteiger partial charge < -0.3 is 19.8 Å². The van der Waals surface area contributed by atoms with Gasteiger partial charge in [-0.05, 0) is 16.7 Å². The Morgan fingerprint density at radius 1 is 0.750 bits per heavy atom. The van der Waals surface area contributed by atoms with Crippen LogP contribution in [0.3, 0.4) is 0 Å². The monoisotopic (exact) mass is 605 g/mol. The fourth-order valence-electron chi connectivity index (χ4n) is 7.43. The van der Waals surface area contributed by atoms with Gasteiger partial charge in [0.25, 0.3) is 0 Å². The van der Waals surface area contributed by atoms with E-state index in [0.717, 1.165) is 16.7 Å². The van der Waals surface area contributed by atoms with Crippen LogP contribution in [0.2, 0.25) is 0 Å². The number of carbonyl (C=O) groups is 3. The summed E-state index contributed by atoms with van der Waals surface area (Å²) in [5.41, 5.74) is 2.78. The van der Waals surface area contributed by atoms with Crippen LogP contribution in [0, 0.1) is 11.8 Å². The summed E-state index contributed by atoms with van der Waals surface area (Å²) in [5, 5.41) is 10.5. The van der Waals surface area contributed by atoms with Crippen LogP contribution in [0.15, 0.2) is 115 Å². The second kappa shape index (κ2) is 11.7. The Morgan fingerprint density at radius 2 is 1.32 bits per heavy atom. The van der Waals surface area contributed by atoms with E-state index in [9.17, 15) is 19.5 Å². The maximum absolute atomic E-state index is 14.8. The molecule has 4 aliphatic heterocycles. The van der Waals surface area contributed by atoms with Crippen LogP contribution in [0.25, 0.3) is 0 Å². The highest BCUT2D eigenvalue weighted by Gasteiger charge is 2.71. The summed E-state index contributed by atoms with van der Waals surface area (Å²) in [5.74, 6) is -1.86. The second-order valence-corrected chi connectivity index (χ2v) is 13.4. The fraction of sp³-hybridized carbons (Fsp3) is 0.306. The van der Waals surface area contributed by atoms with Gasteiger partial charge in [-0.15, -0.1) is 11.8 Å². The Labute approximate surface area is 261 Å². The third-order valence-corrected chi connectivity index (χ3v) is 11.1. The third kappa shape index (κ3) is 4.77. The lowest BCUT2D eigenvalue weighted by Crippen LogP contribution is -2.54. The number of aliphatic hydroxyl groups is 1. The van der Waals surface area contributed by atoms with Crippen molar-refractivity contribution in [3.05, 3.63) is 132 Å². The Kier molecular flexibility index (Phi) is 7.64. The molecule has 1 N–H and O–H groups in total. The van der Waals surface area contributed by atoms with Crippen LogP contribution in [0.4, 0.5) is 0 Å². The predicted octanol–water partition coefficient (Wildman–Crippen LogP) is 4.21. The zero-order valence-corrected chi connectivity index (χ0v) is 25.1. The molecule has 7 rings (SSSR count). The normalized spacial score (nSPS) is 28.4. The zero-order chi connectivity index (χ0) is 30.3. The molecule has 6 atom stereocenters. The highest BCUT2D eigenvalue weighted by molar-refractivity contribution is 8.02. The molecule has 8 heteroatoms. The quantitative estimate of drug-likeness (QED) is 0.408. The van der Waals surface area contributed by atoms with Crippen molar-refractivity contribution in [1.29, 1.82) is 0 Å². The van der Waals surface area contributed by atoms with Gasteiger partial charge in [0.05, 0.1) is 29.2 Å². The van der Waals surface area contributed by atoms with Crippen molar-refractivity contribution in [2.24, 2.45) is 11.8 Å². The topological polar surface area (TPSA) is 81.2 Å². The number of likely N-dealkylation sites (tertiary alicyclic amines) is 1. The van der Waals surface area contributed by atoms with E-state index >= 15 is 0 Å². The van der Waals surface area contributed by atoms with E-state index in [1.807, 2.05) is 114 Å². The smallest absolute Gasteiger partial charge is 0.247 e. The SMILES string of the molecule is O=C1C2N([C@H](CO)c3ccccc3)C(=O)[C@@H]3[C@H]4C(=O)N(Cc5ccccc5)CC=C[C@H]4S[C@]23C=CCN1Cc1ccccc1. The number of hydrogen-bond donors (Lipinski definition) is 1. The molecule has 2 fully saturated rings. The second-order valence-electron chi connectivity index (χ2n) is 11.9.